The molecule has 1 heterocycles. The third kappa shape index (κ3) is 4.88. The smallest absolute Gasteiger partial charge is 0.242 e. The van der Waals surface area contributed by atoms with Gasteiger partial charge in [-0.15, -0.1) is 11.8 Å². The Kier molecular flexibility index (Phi) is 6.15. The number of rotatable bonds is 8. The summed E-state index contributed by atoms with van der Waals surface area (Å²) in [6, 6.07) is 13.9. The summed E-state index contributed by atoms with van der Waals surface area (Å²) in [5, 5.41) is 3.89. The first kappa shape index (κ1) is 19.4. The van der Waals surface area contributed by atoms with Gasteiger partial charge in [-0.25, -0.2) is 13.1 Å². The molecule has 0 saturated carbocycles. The zero-order valence-electron chi connectivity index (χ0n) is 14.9. The Balaban J connectivity index is 1.66. The van der Waals surface area contributed by atoms with Crippen molar-refractivity contribution in [3.05, 3.63) is 54.4 Å². The maximum absolute atomic E-state index is 12.4. The predicted octanol–water partition coefficient (Wildman–Crippen LogP) is 3.34. The van der Waals surface area contributed by atoms with Gasteiger partial charge in [0.05, 0.1) is 18.0 Å². The van der Waals surface area contributed by atoms with Crippen molar-refractivity contribution in [3.8, 4) is 17.1 Å². The van der Waals surface area contributed by atoms with E-state index < -0.39 is 10.0 Å². The van der Waals surface area contributed by atoms with Gasteiger partial charge in [-0.2, -0.15) is 4.98 Å². The molecule has 1 N–H and O–H groups in total. The quantitative estimate of drug-likeness (QED) is 0.574. The van der Waals surface area contributed by atoms with E-state index >= 15 is 0 Å². The highest BCUT2D eigenvalue weighted by molar-refractivity contribution is 7.98. The van der Waals surface area contributed by atoms with Crippen LogP contribution in [0.2, 0.25) is 0 Å². The summed E-state index contributed by atoms with van der Waals surface area (Å²) >= 11 is 1.55. The minimum Gasteiger partial charge on any atom is -0.494 e. The van der Waals surface area contributed by atoms with Crippen LogP contribution < -0.4 is 9.46 Å². The van der Waals surface area contributed by atoms with Crippen LogP contribution in [0.3, 0.4) is 0 Å². The maximum atomic E-state index is 12.4. The van der Waals surface area contributed by atoms with Gasteiger partial charge in [0.25, 0.3) is 0 Å². The third-order valence-corrected chi connectivity index (χ3v) is 5.84. The second kappa shape index (κ2) is 8.55. The molecule has 142 valence electrons. The molecule has 0 unspecified atom stereocenters. The maximum Gasteiger partial charge on any atom is 0.242 e. The second-order valence-corrected chi connectivity index (χ2v) is 8.12. The van der Waals surface area contributed by atoms with Crippen molar-refractivity contribution in [2.24, 2.45) is 0 Å². The average Bonchev–Trinajstić information content (AvgIpc) is 3.16. The average molecular weight is 406 g/mol. The molecule has 0 aliphatic heterocycles. The number of thioether (sulfide) groups is 1. The molecule has 0 bridgehead atoms. The van der Waals surface area contributed by atoms with Gasteiger partial charge in [0, 0.05) is 10.5 Å². The van der Waals surface area contributed by atoms with Gasteiger partial charge >= 0.3 is 0 Å². The highest BCUT2D eigenvalue weighted by Gasteiger charge is 2.16. The summed E-state index contributed by atoms with van der Waals surface area (Å²) < 4.78 is 37.7. The van der Waals surface area contributed by atoms with E-state index in [4.69, 9.17) is 9.26 Å². The summed E-state index contributed by atoms with van der Waals surface area (Å²) in [4.78, 5) is 5.41. The highest BCUT2D eigenvalue weighted by Crippen LogP contribution is 2.21. The molecule has 0 fully saturated rings. The summed E-state index contributed by atoms with van der Waals surface area (Å²) in [6.45, 7) is 2.42. The van der Waals surface area contributed by atoms with Gasteiger partial charge in [-0.1, -0.05) is 5.16 Å². The number of ether oxygens (including phenoxy) is 1. The molecular formula is C18H19N3O4S2. The van der Waals surface area contributed by atoms with Crippen molar-refractivity contribution in [3.63, 3.8) is 0 Å². The van der Waals surface area contributed by atoms with E-state index in [-0.39, 0.29) is 17.3 Å². The van der Waals surface area contributed by atoms with E-state index in [1.807, 2.05) is 37.4 Å². The molecule has 3 aromatic rings. The summed E-state index contributed by atoms with van der Waals surface area (Å²) in [6.07, 6.45) is 1.93. The first-order valence-corrected chi connectivity index (χ1v) is 10.9. The van der Waals surface area contributed by atoms with Crippen LogP contribution in [0, 0.1) is 0 Å². The lowest BCUT2D eigenvalue weighted by molar-refractivity contribution is 0.340. The minimum atomic E-state index is -3.65. The van der Waals surface area contributed by atoms with Crippen LogP contribution in [0.5, 0.6) is 5.75 Å². The molecule has 9 heteroatoms. The molecule has 0 aliphatic carbocycles. The third-order valence-electron chi connectivity index (χ3n) is 3.67. The van der Waals surface area contributed by atoms with Crippen molar-refractivity contribution < 1.29 is 17.7 Å². The number of benzene rings is 2. The molecule has 27 heavy (non-hydrogen) atoms. The molecule has 0 atom stereocenters. The summed E-state index contributed by atoms with van der Waals surface area (Å²) in [5.74, 6) is 1.32. The van der Waals surface area contributed by atoms with E-state index in [0.717, 1.165) is 16.2 Å². The fourth-order valence-corrected chi connectivity index (χ4v) is 3.69. The molecule has 0 spiro atoms. The molecule has 0 radical (unpaired) electrons. The van der Waals surface area contributed by atoms with Crippen LogP contribution in [-0.4, -0.2) is 31.4 Å². The fraction of sp³-hybridized carbons (Fsp3) is 0.222. The zero-order valence-corrected chi connectivity index (χ0v) is 16.5. The lowest BCUT2D eigenvalue weighted by Crippen LogP contribution is -2.23. The van der Waals surface area contributed by atoms with E-state index in [9.17, 15) is 8.42 Å². The van der Waals surface area contributed by atoms with Crippen molar-refractivity contribution in [2.45, 2.75) is 23.3 Å². The van der Waals surface area contributed by atoms with Gasteiger partial charge in [0.15, 0.2) is 0 Å². The summed E-state index contributed by atoms with van der Waals surface area (Å²) in [7, 11) is -3.65. The van der Waals surface area contributed by atoms with Gasteiger partial charge in [-0.3, -0.25) is 0 Å². The number of hydrogen-bond donors (Lipinski definition) is 1. The molecular weight excluding hydrogens is 386 g/mol. The molecule has 3 rings (SSSR count). The Morgan fingerprint density at radius 1 is 1.11 bits per heavy atom. The Bertz CT molecular complexity index is 984. The topological polar surface area (TPSA) is 94.3 Å². The SMILES string of the molecule is CCOc1ccc(-c2noc(CNS(=O)(=O)c3ccc(SC)cc3)n2)cc1. The predicted molar refractivity (Wildman–Crippen MR) is 103 cm³/mol. The van der Waals surface area contributed by atoms with Crippen molar-refractivity contribution in [2.75, 3.05) is 12.9 Å². The van der Waals surface area contributed by atoms with Crippen molar-refractivity contribution in [1.29, 1.82) is 0 Å². The van der Waals surface area contributed by atoms with Crippen LogP contribution in [0.25, 0.3) is 11.4 Å². The lowest BCUT2D eigenvalue weighted by Gasteiger charge is -2.05. The minimum absolute atomic E-state index is 0.0867. The van der Waals surface area contributed by atoms with Crippen LogP contribution in [0.4, 0.5) is 0 Å². The van der Waals surface area contributed by atoms with Gasteiger partial charge in [0.2, 0.25) is 21.7 Å². The lowest BCUT2D eigenvalue weighted by atomic mass is 10.2. The fourth-order valence-electron chi connectivity index (χ4n) is 2.31. The van der Waals surface area contributed by atoms with Crippen LogP contribution in [0.1, 0.15) is 12.8 Å². The monoisotopic (exact) mass is 405 g/mol. The number of nitrogens with one attached hydrogen (secondary N) is 1. The Morgan fingerprint density at radius 3 is 2.44 bits per heavy atom. The Labute approximate surface area is 162 Å². The molecule has 0 saturated heterocycles. The van der Waals surface area contributed by atoms with E-state index in [1.54, 1.807) is 36.0 Å². The van der Waals surface area contributed by atoms with Gasteiger partial charge in [0.1, 0.15) is 5.75 Å². The molecule has 1 aromatic heterocycles. The largest absolute Gasteiger partial charge is 0.494 e. The number of aromatic nitrogens is 2. The van der Waals surface area contributed by atoms with E-state index in [0.29, 0.717) is 12.4 Å². The molecule has 0 aliphatic rings. The highest BCUT2D eigenvalue weighted by atomic mass is 32.2. The standard InChI is InChI=1S/C18H19N3O4S2/c1-3-24-14-6-4-13(5-7-14)18-20-17(25-21-18)12-19-27(22,23)16-10-8-15(26-2)9-11-16/h4-11,19H,3,12H2,1-2H3. The van der Waals surface area contributed by atoms with Gasteiger partial charge < -0.3 is 9.26 Å². The van der Waals surface area contributed by atoms with Crippen LogP contribution >= 0.6 is 11.8 Å². The van der Waals surface area contributed by atoms with E-state index in [2.05, 4.69) is 14.9 Å². The first-order chi connectivity index (χ1) is 13.0. The number of nitrogens with zero attached hydrogens (tertiary/aromatic N) is 2. The van der Waals surface area contributed by atoms with Crippen molar-refractivity contribution in [1.82, 2.24) is 14.9 Å². The summed E-state index contributed by atoms with van der Waals surface area (Å²) in [5.41, 5.74) is 0.754. The van der Waals surface area contributed by atoms with Crippen LogP contribution in [0.15, 0.2) is 62.8 Å². The zero-order chi connectivity index (χ0) is 19.3. The Hall–Kier alpha value is -2.36. The molecule has 7 nitrogen and oxygen atoms in total. The van der Waals surface area contributed by atoms with Gasteiger partial charge in [-0.05, 0) is 61.7 Å². The molecule has 2 aromatic carbocycles. The number of sulfonamides is 1. The van der Waals surface area contributed by atoms with Crippen LogP contribution in [-0.2, 0) is 16.6 Å². The Morgan fingerprint density at radius 2 is 1.81 bits per heavy atom. The molecule has 0 amide bonds. The van der Waals surface area contributed by atoms with E-state index in [1.165, 1.54) is 0 Å². The first-order valence-electron chi connectivity index (χ1n) is 8.21. The second-order valence-electron chi connectivity index (χ2n) is 5.47. The normalized spacial score (nSPS) is 11.5. The van der Waals surface area contributed by atoms with Crippen molar-refractivity contribution >= 4 is 21.8 Å². The number of hydrogen-bond acceptors (Lipinski definition) is 7.